The number of rotatable bonds is 14. The van der Waals surface area contributed by atoms with Gasteiger partial charge in [-0.3, -0.25) is 0 Å². The smallest absolute Gasteiger partial charge is 0.341 e. The van der Waals surface area contributed by atoms with Crippen LogP contribution in [0.4, 0.5) is 22.0 Å². The lowest BCUT2D eigenvalue weighted by Crippen LogP contribution is -2.70. The van der Waals surface area contributed by atoms with Crippen LogP contribution in [0.1, 0.15) is 58.4 Å². The Hall–Kier alpha value is -1.25. The Labute approximate surface area is 169 Å². The molecule has 0 radical (unpaired) electrons. The van der Waals surface area contributed by atoms with E-state index in [-0.39, 0.29) is 12.0 Å². The third kappa shape index (κ3) is 5.67. The highest BCUT2D eigenvalue weighted by Gasteiger charge is 2.77. The molecule has 8 heteroatoms. The van der Waals surface area contributed by atoms with E-state index >= 15 is 13.2 Å². The zero-order valence-electron chi connectivity index (χ0n) is 17.2. The standard InChI is InChI=1S/C21H31F5O3/c1-4-7-8-12-15-19(23,24)20(25,26)18(22,16-17-13-10-9-11-14-17)21(27,28-5-2)29-6-3/h9-11,13-14,27H,4-8,12,15-16H2,1-3H3. The largest absolute Gasteiger partial charge is 0.351 e. The molecule has 168 valence electrons. The number of benzene rings is 1. The molecule has 1 unspecified atom stereocenters. The monoisotopic (exact) mass is 426 g/mol. The van der Waals surface area contributed by atoms with Gasteiger partial charge in [0.1, 0.15) is 0 Å². The maximum atomic E-state index is 16.0. The molecule has 0 aromatic heterocycles. The van der Waals surface area contributed by atoms with Crippen molar-refractivity contribution in [3.63, 3.8) is 0 Å². The first-order valence-electron chi connectivity index (χ1n) is 10.00. The van der Waals surface area contributed by atoms with Gasteiger partial charge in [-0.15, -0.1) is 0 Å². The molecule has 0 fully saturated rings. The maximum Gasteiger partial charge on any atom is 0.351 e. The minimum Gasteiger partial charge on any atom is -0.341 e. The van der Waals surface area contributed by atoms with Gasteiger partial charge in [-0.05, 0) is 25.8 Å². The summed E-state index contributed by atoms with van der Waals surface area (Å²) in [5, 5.41) is 10.6. The van der Waals surface area contributed by atoms with E-state index in [0.29, 0.717) is 12.8 Å². The normalized spacial score (nSPS) is 15.3. The lowest BCUT2D eigenvalue weighted by Gasteiger charge is -2.46. The molecule has 0 spiro atoms. The molecule has 0 saturated carbocycles. The predicted octanol–water partition coefficient (Wildman–Crippen LogP) is 5.90. The molecule has 1 rings (SSSR count). The predicted molar refractivity (Wildman–Crippen MR) is 101 cm³/mol. The van der Waals surface area contributed by atoms with Gasteiger partial charge in [0.2, 0.25) is 0 Å². The topological polar surface area (TPSA) is 38.7 Å². The van der Waals surface area contributed by atoms with Gasteiger partial charge < -0.3 is 14.6 Å². The highest BCUT2D eigenvalue weighted by Crippen LogP contribution is 2.53. The molecule has 3 nitrogen and oxygen atoms in total. The summed E-state index contributed by atoms with van der Waals surface area (Å²) in [5.41, 5.74) is -4.24. The van der Waals surface area contributed by atoms with Gasteiger partial charge in [-0.1, -0.05) is 56.5 Å². The van der Waals surface area contributed by atoms with Crippen molar-refractivity contribution < 1.29 is 36.5 Å². The Morgan fingerprint density at radius 3 is 1.86 bits per heavy atom. The van der Waals surface area contributed by atoms with Crippen LogP contribution in [0.3, 0.4) is 0 Å². The molecule has 29 heavy (non-hydrogen) atoms. The van der Waals surface area contributed by atoms with Gasteiger partial charge in [0, 0.05) is 26.1 Å². The third-order valence-electron chi connectivity index (χ3n) is 4.77. The van der Waals surface area contributed by atoms with Crippen molar-refractivity contribution in [3.05, 3.63) is 35.9 Å². The van der Waals surface area contributed by atoms with Crippen molar-refractivity contribution in [1.82, 2.24) is 0 Å². The minimum absolute atomic E-state index is 0.00529. The lowest BCUT2D eigenvalue weighted by atomic mass is 9.82. The molecule has 0 heterocycles. The average Bonchev–Trinajstić information content (AvgIpc) is 2.66. The Kier molecular flexibility index (Phi) is 9.50. The van der Waals surface area contributed by atoms with Gasteiger partial charge in [0.25, 0.3) is 5.67 Å². The summed E-state index contributed by atoms with van der Waals surface area (Å²) in [5.74, 6) is -13.5. The van der Waals surface area contributed by atoms with E-state index in [1.165, 1.54) is 38.1 Å². The minimum atomic E-state index is -5.26. The van der Waals surface area contributed by atoms with E-state index in [1.807, 2.05) is 6.92 Å². The van der Waals surface area contributed by atoms with Crippen LogP contribution >= 0.6 is 0 Å². The van der Waals surface area contributed by atoms with Crippen molar-refractivity contribution in [2.45, 2.75) is 82.8 Å². The summed E-state index contributed by atoms with van der Waals surface area (Å²) in [4.78, 5) is 0. The van der Waals surface area contributed by atoms with Gasteiger partial charge in [-0.2, -0.15) is 17.6 Å². The molecular weight excluding hydrogens is 395 g/mol. The number of aliphatic hydroxyl groups is 1. The van der Waals surface area contributed by atoms with Crippen LogP contribution in [0, 0.1) is 0 Å². The van der Waals surface area contributed by atoms with E-state index in [1.54, 1.807) is 6.07 Å². The number of ether oxygens (including phenoxy) is 2. The molecule has 1 N–H and O–H groups in total. The summed E-state index contributed by atoms with van der Waals surface area (Å²) in [6, 6.07) is 7.10. The molecule has 0 amide bonds. The van der Waals surface area contributed by atoms with Crippen LogP contribution < -0.4 is 0 Å². The molecule has 0 aliphatic carbocycles. The Bertz CT molecular complexity index is 591. The molecule has 0 saturated heterocycles. The van der Waals surface area contributed by atoms with Crippen molar-refractivity contribution >= 4 is 0 Å². The average molecular weight is 426 g/mol. The summed E-state index contributed by atoms with van der Waals surface area (Å²) in [6.45, 7) is 3.63. The quantitative estimate of drug-likeness (QED) is 0.229. The Morgan fingerprint density at radius 2 is 1.38 bits per heavy atom. The molecule has 1 aromatic rings. The first kappa shape index (κ1) is 25.8. The molecule has 0 aliphatic rings. The number of alkyl halides is 5. The summed E-state index contributed by atoms with van der Waals surface area (Å²) < 4.78 is 85.1. The second-order valence-corrected chi connectivity index (χ2v) is 7.00. The molecule has 1 aromatic carbocycles. The zero-order chi connectivity index (χ0) is 22.2. The van der Waals surface area contributed by atoms with E-state index < -0.39 is 49.5 Å². The van der Waals surface area contributed by atoms with Gasteiger partial charge in [0.15, 0.2) is 0 Å². The number of halogens is 5. The molecule has 1 atom stereocenters. The van der Waals surface area contributed by atoms with Crippen LogP contribution in [0.15, 0.2) is 30.3 Å². The Balaban J connectivity index is 3.39. The van der Waals surface area contributed by atoms with Gasteiger partial charge in [0.05, 0.1) is 0 Å². The summed E-state index contributed by atoms with van der Waals surface area (Å²) in [6.07, 6.45) is -0.969. The van der Waals surface area contributed by atoms with Crippen LogP contribution in [-0.4, -0.2) is 41.8 Å². The van der Waals surface area contributed by atoms with Crippen molar-refractivity contribution in [2.24, 2.45) is 0 Å². The summed E-state index contributed by atoms with van der Waals surface area (Å²) in [7, 11) is 0. The van der Waals surface area contributed by atoms with E-state index in [0.717, 1.165) is 6.42 Å². The van der Waals surface area contributed by atoms with Gasteiger partial charge >= 0.3 is 17.8 Å². The second-order valence-electron chi connectivity index (χ2n) is 7.00. The van der Waals surface area contributed by atoms with E-state index in [4.69, 9.17) is 9.47 Å². The fraction of sp³-hybridized carbons (Fsp3) is 0.714. The highest BCUT2D eigenvalue weighted by molar-refractivity contribution is 5.21. The second kappa shape index (κ2) is 10.7. The number of unbranched alkanes of at least 4 members (excludes halogenated alkanes) is 3. The van der Waals surface area contributed by atoms with E-state index in [2.05, 4.69) is 0 Å². The van der Waals surface area contributed by atoms with Crippen LogP contribution in [0.25, 0.3) is 0 Å². The molecule has 0 aliphatic heterocycles. The highest BCUT2D eigenvalue weighted by atomic mass is 19.3. The van der Waals surface area contributed by atoms with Gasteiger partial charge in [-0.25, -0.2) is 4.39 Å². The SMILES string of the molecule is CCCCCCC(F)(F)C(F)(F)C(F)(Cc1ccccc1)C(O)(OCC)OCC. The lowest BCUT2D eigenvalue weighted by molar-refractivity contribution is -0.454. The number of hydrogen-bond donors (Lipinski definition) is 1. The van der Waals surface area contributed by atoms with Crippen LogP contribution in [-0.2, 0) is 15.9 Å². The van der Waals surface area contributed by atoms with Crippen molar-refractivity contribution in [2.75, 3.05) is 13.2 Å². The molecule has 0 bridgehead atoms. The first-order valence-corrected chi connectivity index (χ1v) is 10.00. The zero-order valence-corrected chi connectivity index (χ0v) is 17.2. The van der Waals surface area contributed by atoms with Crippen molar-refractivity contribution in [1.29, 1.82) is 0 Å². The number of hydrogen-bond acceptors (Lipinski definition) is 3. The van der Waals surface area contributed by atoms with Crippen molar-refractivity contribution in [3.8, 4) is 0 Å². The van der Waals surface area contributed by atoms with E-state index in [9.17, 15) is 13.9 Å². The summed E-state index contributed by atoms with van der Waals surface area (Å²) >= 11 is 0. The maximum absolute atomic E-state index is 16.0. The fourth-order valence-electron chi connectivity index (χ4n) is 3.18. The van der Waals surface area contributed by atoms with Crippen LogP contribution in [0.5, 0.6) is 0 Å². The Morgan fingerprint density at radius 1 is 0.828 bits per heavy atom. The van der Waals surface area contributed by atoms with Crippen LogP contribution in [0.2, 0.25) is 0 Å². The molecular formula is C21H31F5O3. The third-order valence-corrected chi connectivity index (χ3v) is 4.77. The fourth-order valence-corrected chi connectivity index (χ4v) is 3.18. The first-order chi connectivity index (χ1) is 13.5.